The molecule has 0 saturated carbocycles. The van der Waals surface area contributed by atoms with Gasteiger partial charge in [-0.2, -0.15) is 10.3 Å². The monoisotopic (exact) mass is 632 g/mol. The number of thioether (sulfide) groups is 1. The van der Waals surface area contributed by atoms with E-state index in [0.29, 0.717) is 16.3 Å². The number of amidine groups is 1. The lowest BCUT2D eigenvalue weighted by atomic mass is 9.96. The number of nitrogens with one attached hydrogen (secondary N) is 1. The maximum absolute atomic E-state index is 14.1. The van der Waals surface area contributed by atoms with E-state index in [4.69, 9.17) is 5.73 Å². The molecule has 0 bridgehead atoms. The molecule has 3 N–H and O–H groups in total. The number of benzene rings is 2. The van der Waals surface area contributed by atoms with Gasteiger partial charge in [0.15, 0.2) is 5.17 Å². The first kappa shape index (κ1) is 30.3. The first-order valence-corrected chi connectivity index (χ1v) is 15.2. The van der Waals surface area contributed by atoms with Crippen molar-refractivity contribution in [3.05, 3.63) is 95.1 Å². The van der Waals surface area contributed by atoms with Crippen molar-refractivity contribution in [3.8, 4) is 6.07 Å². The fraction of sp³-hybridized carbons (Fsp3) is 0.323. The molecule has 4 atom stereocenters. The summed E-state index contributed by atoms with van der Waals surface area (Å²) in [6.45, 7) is -0.217. The molecule has 0 spiro atoms. The van der Waals surface area contributed by atoms with Crippen LogP contribution in [-0.2, 0) is 22.6 Å². The number of rotatable bonds is 8. The smallest absolute Gasteiger partial charge is 0.333 e. The quantitative estimate of drug-likeness (QED) is 0.426. The molecule has 2 aromatic carbocycles. The molecule has 45 heavy (non-hydrogen) atoms. The minimum Gasteiger partial charge on any atom is -0.379 e. The van der Waals surface area contributed by atoms with Crippen molar-refractivity contribution in [2.24, 2.45) is 10.7 Å². The summed E-state index contributed by atoms with van der Waals surface area (Å²) in [5.41, 5.74) is 8.21. The van der Waals surface area contributed by atoms with Crippen molar-refractivity contribution in [1.82, 2.24) is 25.1 Å². The van der Waals surface area contributed by atoms with Crippen LogP contribution < -0.4 is 11.1 Å². The molecule has 6 rings (SSSR count). The number of nitriles is 1. The molecule has 2 unspecified atom stereocenters. The van der Waals surface area contributed by atoms with Crippen LogP contribution in [0.4, 0.5) is 13.6 Å². The lowest BCUT2D eigenvalue weighted by Crippen LogP contribution is -2.66. The first-order valence-electron chi connectivity index (χ1n) is 14.4. The number of carbonyl (C=O) groups excluding carboxylic acids is 3. The Morgan fingerprint density at radius 2 is 1.80 bits per heavy atom. The summed E-state index contributed by atoms with van der Waals surface area (Å²) in [5, 5.41) is 15.6. The predicted octanol–water partition coefficient (Wildman–Crippen LogP) is 2.13. The molecule has 3 aliphatic heterocycles. The molecule has 11 nitrogen and oxygen atoms in total. The number of nitrogens with zero attached hydrogens (tertiary/aromatic N) is 6. The molecule has 2 aromatic rings. The van der Waals surface area contributed by atoms with Crippen molar-refractivity contribution in [2.75, 3.05) is 26.2 Å². The van der Waals surface area contributed by atoms with E-state index in [1.165, 1.54) is 63.1 Å². The largest absolute Gasteiger partial charge is 0.379 e. The zero-order valence-electron chi connectivity index (χ0n) is 24.1. The second-order valence-corrected chi connectivity index (χ2v) is 12.3. The van der Waals surface area contributed by atoms with Crippen LogP contribution in [0.5, 0.6) is 0 Å². The molecule has 3 heterocycles. The van der Waals surface area contributed by atoms with Gasteiger partial charge in [-0.25, -0.2) is 18.6 Å². The van der Waals surface area contributed by atoms with Crippen LogP contribution >= 0.6 is 11.8 Å². The molecule has 2 fully saturated rings. The number of nitrogens with two attached hydrogens (primary N) is 1. The van der Waals surface area contributed by atoms with Gasteiger partial charge in [-0.1, -0.05) is 54.3 Å². The average Bonchev–Trinajstić information content (AvgIpc) is 3.57. The third-order valence-electron chi connectivity index (χ3n) is 8.23. The summed E-state index contributed by atoms with van der Waals surface area (Å²) < 4.78 is 27.0. The number of aliphatic imine (C=N–C) groups is 1. The van der Waals surface area contributed by atoms with Crippen molar-refractivity contribution in [1.29, 1.82) is 5.26 Å². The molecule has 1 aliphatic carbocycles. The zero-order chi connectivity index (χ0) is 31.7. The van der Waals surface area contributed by atoms with Crippen molar-refractivity contribution < 1.29 is 23.2 Å². The fourth-order valence-corrected chi connectivity index (χ4v) is 7.08. The highest BCUT2D eigenvalue weighted by Gasteiger charge is 2.52. The topological polar surface area (TPSA) is 138 Å². The maximum atomic E-state index is 14.1. The fourth-order valence-electron chi connectivity index (χ4n) is 6.09. The predicted molar refractivity (Wildman–Crippen MR) is 163 cm³/mol. The second kappa shape index (κ2) is 12.7. The molecular weight excluding hydrogens is 602 g/mol. The van der Waals surface area contributed by atoms with Crippen LogP contribution in [0.15, 0.2) is 77.3 Å². The van der Waals surface area contributed by atoms with E-state index in [0.717, 1.165) is 5.57 Å². The Balaban J connectivity index is 1.28. The normalized spacial score (nSPS) is 24.1. The van der Waals surface area contributed by atoms with Crippen LogP contribution in [0.2, 0.25) is 0 Å². The third kappa shape index (κ3) is 6.27. The molecule has 232 valence electrons. The Bertz CT molecular complexity index is 1620. The molecule has 4 aliphatic rings. The summed E-state index contributed by atoms with van der Waals surface area (Å²) in [6.07, 6.45) is 5.22. The van der Waals surface area contributed by atoms with Gasteiger partial charge in [-0.3, -0.25) is 14.6 Å². The number of allylic oxidation sites excluding steroid dienone is 2. The average molecular weight is 633 g/mol. The van der Waals surface area contributed by atoms with E-state index in [9.17, 15) is 28.4 Å². The molecule has 0 radical (unpaired) electrons. The van der Waals surface area contributed by atoms with Gasteiger partial charge in [-0.15, -0.1) is 0 Å². The summed E-state index contributed by atoms with van der Waals surface area (Å²) in [7, 11) is 0. The Labute approximate surface area is 262 Å². The molecule has 0 aromatic heterocycles. The molecule has 4 amide bonds. The Morgan fingerprint density at radius 1 is 1.11 bits per heavy atom. The number of carbonyl (C=O) groups is 3. The van der Waals surface area contributed by atoms with Gasteiger partial charge in [0.2, 0.25) is 11.8 Å². The zero-order valence-corrected chi connectivity index (χ0v) is 24.9. The van der Waals surface area contributed by atoms with Gasteiger partial charge < -0.3 is 20.9 Å². The molecule has 14 heteroatoms. The second-order valence-electron chi connectivity index (χ2n) is 11.1. The highest BCUT2D eigenvalue weighted by Crippen LogP contribution is 2.35. The van der Waals surface area contributed by atoms with E-state index in [1.54, 1.807) is 17.0 Å². The lowest BCUT2D eigenvalue weighted by Gasteiger charge is -2.46. The number of amides is 4. The lowest BCUT2D eigenvalue weighted by molar-refractivity contribution is -0.156. The summed E-state index contributed by atoms with van der Waals surface area (Å²) in [4.78, 5) is 48.8. The van der Waals surface area contributed by atoms with Gasteiger partial charge in [-0.05, 0) is 41.0 Å². The number of piperazine rings is 1. The van der Waals surface area contributed by atoms with Crippen LogP contribution in [0.25, 0.3) is 0 Å². The van der Waals surface area contributed by atoms with E-state index >= 15 is 0 Å². The summed E-state index contributed by atoms with van der Waals surface area (Å²) >= 11 is 1.46. The minimum atomic E-state index is -0.931. The SMILES string of the molecule is N#CCN(C(=O)NCc1ccc(F)cc1)N1CC(=O)N2[C@@H](Cc3ccc(F)cc3)C(=O)N(CC3=CC=CC4SC(N)=NC34)C[C@@H]21. The Morgan fingerprint density at radius 3 is 2.49 bits per heavy atom. The molecular formula is C31H30F2N8O3S. The van der Waals surface area contributed by atoms with E-state index in [-0.39, 0.29) is 62.3 Å². The Hall–Kier alpha value is -4.74. The highest BCUT2D eigenvalue weighted by molar-refractivity contribution is 8.14. The van der Waals surface area contributed by atoms with E-state index in [1.807, 2.05) is 24.3 Å². The van der Waals surface area contributed by atoms with Gasteiger partial charge in [0.25, 0.3) is 0 Å². The van der Waals surface area contributed by atoms with Crippen LogP contribution in [0, 0.1) is 23.0 Å². The number of hydrogen-bond acceptors (Lipinski definition) is 8. The number of urea groups is 1. The maximum Gasteiger partial charge on any atom is 0.333 e. The van der Waals surface area contributed by atoms with Crippen molar-refractivity contribution >= 4 is 34.8 Å². The number of hydrazine groups is 1. The van der Waals surface area contributed by atoms with E-state index in [2.05, 4.69) is 10.3 Å². The number of hydrogen-bond donors (Lipinski definition) is 2. The van der Waals surface area contributed by atoms with Crippen LogP contribution in [0.1, 0.15) is 11.1 Å². The van der Waals surface area contributed by atoms with Crippen LogP contribution in [-0.4, -0.2) is 92.5 Å². The number of halogens is 2. The highest BCUT2D eigenvalue weighted by atomic mass is 32.2. The van der Waals surface area contributed by atoms with Gasteiger partial charge in [0, 0.05) is 19.5 Å². The van der Waals surface area contributed by atoms with Crippen LogP contribution in [0.3, 0.4) is 0 Å². The third-order valence-corrected chi connectivity index (χ3v) is 9.26. The van der Waals surface area contributed by atoms with Crippen molar-refractivity contribution in [3.63, 3.8) is 0 Å². The summed E-state index contributed by atoms with van der Waals surface area (Å²) in [5.74, 6) is -1.49. The van der Waals surface area contributed by atoms with Crippen molar-refractivity contribution in [2.45, 2.75) is 36.5 Å². The number of fused-ring (bicyclic) bond motifs is 2. The summed E-state index contributed by atoms with van der Waals surface area (Å²) in [6, 6.07) is 11.6. The first-order chi connectivity index (χ1) is 21.7. The van der Waals surface area contributed by atoms with E-state index < -0.39 is 29.9 Å². The van der Waals surface area contributed by atoms with Gasteiger partial charge in [0.05, 0.1) is 30.5 Å². The van der Waals surface area contributed by atoms with Gasteiger partial charge >= 0.3 is 6.03 Å². The standard InChI is InChI=1S/C31H30F2N8O3S/c32-22-8-4-19(5-9-22)14-24-29(43)38(16-21-2-1-3-25-28(21)37-30(35)45-25)17-26-40(18-27(42)41(24)26)39(13-12-34)31(44)36-15-20-6-10-23(33)11-7-20/h1-11,24-26,28H,13-18H2,(H2,35,37)(H,36,44)/t24-,25?,26+,28?/m0/s1. The Kier molecular flexibility index (Phi) is 8.55. The van der Waals surface area contributed by atoms with Gasteiger partial charge in [0.1, 0.15) is 30.4 Å². The minimum absolute atomic E-state index is 0.0249. The molecule has 2 saturated heterocycles.